The molecule has 0 fully saturated rings. The number of rotatable bonds is 19. The van der Waals surface area contributed by atoms with E-state index in [1.807, 2.05) is 0 Å². The van der Waals surface area contributed by atoms with Crippen molar-refractivity contribution in [3.05, 3.63) is 12.2 Å². The zero-order valence-electron chi connectivity index (χ0n) is 16.3. The molecule has 0 aliphatic rings. The molecular weight excluding hydrogens is 330 g/mol. The van der Waals surface area contributed by atoms with Crippen molar-refractivity contribution in [3.8, 4) is 0 Å². The summed E-state index contributed by atoms with van der Waals surface area (Å²) in [6, 6.07) is -0.508. The minimum absolute atomic E-state index is 0.349. The Balaban J connectivity index is 3.20. The maximum Gasteiger partial charge on any atom is 0.321 e. The molecule has 1 atom stereocenters. The molecule has 0 aliphatic heterocycles. The van der Waals surface area contributed by atoms with Crippen LogP contribution in [0.15, 0.2) is 12.2 Å². The quantitative estimate of drug-likeness (QED) is 0.148. The van der Waals surface area contributed by atoms with Gasteiger partial charge in [0.05, 0.1) is 0 Å². The highest BCUT2D eigenvalue weighted by Gasteiger charge is 2.13. The smallest absolute Gasteiger partial charge is 0.321 e. The van der Waals surface area contributed by atoms with Crippen LogP contribution in [0.3, 0.4) is 0 Å². The molecule has 0 aliphatic carbocycles. The summed E-state index contributed by atoms with van der Waals surface area (Å²) in [4.78, 5) is 10.8. The Kier molecular flexibility index (Phi) is 19.5. The van der Waals surface area contributed by atoms with Crippen LogP contribution < -0.4 is 5.32 Å². The van der Waals surface area contributed by atoms with E-state index in [1.165, 1.54) is 83.5 Å². The molecule has 25 heavy (non-hydrogen) atoms. The lowest BCUT2D eigenvalue weighted by Crippen LogP contribution is -2.38. The van der Waals surface area contributed by atoms with Crippen molar-refractivity contribution in [2.24, 2.45) is 0 Å². The second-order valence-electron chi connectivity index (χ2n) is 6.97. The highest BCUT2D eigenvalue weighted by molar-refractivity contribution is 7.80. The van der Waals surface area contributed by atoms with Gasteiger partial charge >= 0.3 is 5.97 Å². The second kappa shape index (κ2) is 19.8. The van der Waals surface area contributed by atoms with Crippen LogP contribution in [0.2, 0.25) is 0 Å². The summed E-state index contributed by atoms with van der Waals surface area (Å²) in [6.45, 7) is 3.04. The molecule has 1 unspecified atom stereocenters. The molecule has 148 valence electrons. The lowest BCUT2D eigenvalue weighted by molar-refractivity contribution is -0.138. The number of thiol groups is 1. The molecule has 4 heteroatoms. The van der Waals surface area contributed by atoms with E-state index in [9.17, 15) is 4.79 Å². The Morgan fingerprint density at radius 2 is 1.36 bits per heavy atom. The molecule has 0 radical (unpaired) electrons. The first-order chi connectivity index (χ1) is 12.2. The second-order valence-corrected chi connectivity index (χ2v) is 7.33. The Morgan fingerprint density at radius 3 is 1.84 bits per heavy atom. The molecule has 0 rings (SSSR count). The summed E-state index contributed by atoms with van der Waals surface area (Å²) in [7, 11) is 0. The van der Waals surface area contributed by atoms with Crippen LogP contribution in [0.5, 0.6) is 0 Å². The van der Waals surface area contributed by atoms with Crippen LogP contribution >= 0.6 is 12.6 Å². The third kappa shape index (κ3) is 18.1. The Hall–Kier alpha value is -0.480. The van der Waals surface area contributed by atoms with E-state index >= 15 is 0 Å². The first kappa shape index (κ1) is 24.5. The van der Waals surface area contributed by atoms with Crippen molar-refractivity contribution < 1.29 is 9.90 Å². The third-order valence-corrected chi connectivity index (χ3v) is 4.93. The fourth-order valence-electron chi connectivity index (χ4n) is 2.88. The highest BCUT2D eigenvalue weighted by atomic mass is 32.1. The van der Waals surface area contributed by atoms with Gasteiger partial charge in [-0.25, -0.2) is 0 Å². The fraction of sp³-hybridized carbons (Fsp3) is 0.857. The van der Waals surface area contributed by atoms with Crippen LogP contribution in [0.1, 0.15) is 96.8 Å². The lowest BCUT2D eigenvalue weighted by atomic mass is 10.1. The van der Waals surface area contributed by atoms with Crippen molar-refractivity contribution in [2.45, 2.75) is 103 Å². The van der Waals surface area contributed by atoms with E-state index in [4.69, 9.17) is 5.11 Å². The van der Waals surface area contributed by atoms with Crippen LogP contribution in [0.4, 0.5) is 0 Å². The maximum atomic E-state index is 10.8. The van der Waals surface area contributed by atoms with Crippen LogP contribution in [-0.4, -0.2) is 29.4 Å². The average molecular weight is 372 g/mol. The third-order valence-electron chi connectivity index (χ3n) is 4.56. The van der Waals surface area contributed by atoms with Gasteiger partial charge in [-0.3, -0.25) is 4.79 Å². The standard InChI is InChI=1S/C21H41NO2S/c1-2-3-4-5-6-7-8-9-10-11-12-13-14-15-16-17-18-22-20(19-25)21(23)24/h9-10,20,22,25H,2-8,11-19H2,1H3,(H,23,24)/b10-9-. The van der Waals surface area contributed by atoms with E-state index in [2.05, 4.69) is 37.0 Å². The molecule has 0 aromatic carbocycles. The van der Waals surface area contributed by atoms with E-state index in [-0.39, 0.29) is 0 Å². The number of hydrogen-bond acceptors (Lipinski definition) is 3. The number of unbranched alkanes of at least 4 members (excludes halogenated alkanes) is 12. The minimum atomic E-state index is -0.806. The van der Waals surface area contributed by atoms with Gasteiger partial charge in [0.1, 0.15) is 6.04 Å². The largest absolute Gasteiger partial charge is 0.480 e. The number of aliphatic carboxylic acids is 1. The number of carboxylic acids is 1. The van der Waals surface area contributed by atoms with Crippen molar-refractivity contribution >= 4 is 18.6 Å². The number of hydrogen-bond donors (Lipinski definition) is 3. The van der Waals surface area contributed by atoms with E-state index in [1.54, 1.807) is 0 Å². The molecule has 0 saturated heterocycles. The minimum Gasteiger partial charge on any atom is -0.480 e. The predicted molar refractivity (Wildman–Crippen MR) is 113 cm³/mol. The Bertz CT molecular complexity index is 321. The molecule has 0 heterocycles. The lowest BCUT2D eigenvalue weighted by Gasteiger charge is -2.11. The van der Waals surface area contributed by atoms with E-state index < -0.39 is 12.0 Å². The first-order valence-electron chi connectivity index (χ1n) is 10.4. The summed E-state index contributed by atoms with van der Waals surface area (Å²) in [5.41, 5.74) is 0. The molecule has 0 aromatic rings. The van der Waals surface area contributed by atoms with E-state index in [0.29, 0.717) is 5.75 Å². The van der Waals surface area contributed by atoms with Crippen molar-refractivity contribution in [1.82, 2.24) is 5.32 Å². The number of carboxylic acid groups (broad SMARTS) is 1. The van der Waals surface area contributed by atoms with Gasteiger partial charge < -0.3 is 10.4 Å². The molecule has 0 aromatic heterocycles. The maximum absolute atomic E-state index is 10.8. The summed E-state index contributed by atoms with van der Waals surface area (Å²) in [6.07, 6.45) is 22.9. The van der Waals surface area contributed by atoms with Gasteiger partial charge in [0.25, 0.3) is 0 Å². The molecule has 3 nitrogen and oxygen atoms in total. The van der Waals surface area contributed by atoms with E-state index in [0.717, 1.165) is 13.0 Å². The number of carbonyl (C=O) groups is 1. The molecule has 0 saturated carbocycles. The molecular formula is C21H41NO2S. The van der Waals surface area contributed by atoms with Crippen LogP contribution in [0, 0.1) is 0 Å². The van der Waals surface area contributed by atoms with Crippen LogP contribution in [-0.2, 0) is 4.79 Å². The Morgan fingerprint density at radius 1 is 0.880 bits per heavy atom. The SMILES string of the molecule is CCCCCCCC/C=C\CCCCCCCCNC(CS)C(=O)O. The first-order valence-corrected chi connectivity index (χ1v) is 11.1. The van der Waals surface area contributed by atoms with Gasteiger partial charge in [-0.2, -0.15) is 12.6 Å². The zero-order chi connectivity index (χ0) is 18.6. The monoisotopic (exact) mass is 371 g/mol. The highest BCUT2D eigenvalue weighted by Crippen LogP contribution is 2.09. The van der Waals surface area contributed by atoms with Gasteiger partial charge in [0.15, 0.2) is 0 Å². The molecule has 0 amide bonds. The van der Waals surface area contributed by atoms with Gasteiger partial charge in [-0.05, 0) is 38.6 Å². The summed E-state index contributed by atoms with van der Waals surface area (Å²) in [5, 5.41) is 11.9. The van der Waals surface area contributed by atoms with Crippen LogP contribution in [0.25, 0.3) is 0 Å². The summed E-state index contributed by atoms with van der Waals surface area (Å²) < 4.78 is 0. The summed E-state index contributed by atoms with van der Waals surface area (Å²) >= 11 is 4.04. The van der Waals surface area contributed by atoms with Crippen molar-refractivity contribution in [3.63, 3.8) is 0 Å². The fourth-order valence-corrected chi connectivity index (χ4v) is 3.16. The molecule has 0 bridgehead atoms. The number of allylic oxidation sites excluding steroid dienone is 2. The average Bonchev–Trinajstić information content (AvgIpc) is 2.60. The topological polar surface area (TPSA) is 49.3 Å². The zero-order valence-corrected chi connectivity index (χ0v) is 17.2. The van der Waals surface area contributed by atoms with Gasteiger partial charge in [0.2, 0.25) is 0 Å². The van der Waals surface area contributed by atoms with Crippen molar-refractivity contribution in [1.29, 1.82) is 0 Å². The van der Waals surface area contributed by atoms with Gasteiger partial charge in [-0.15, -0.1) is 0 Å². The predicted octanol–water partition coefficient (Wildman–Crippen LogP) is 6.00. The molecule has 0 spiro atoms. The summed E-state index contributed by atoms with van der Waals surface area (Å²) in [5.74, 6) is -0.457. The Labute approximate surface area is 161 Å². The van der Waals surface area contributed by atoms with Gasteiger partial charge in [-0.1, -0.05) is 76.9 Å². The van der Waals surface area contributed by atoms with Gasteiger partial charge in [0, 0.05) is 5.75 Å². The molecule has 2 N–H and O–H groups in total. The van der Waals surface area contributed by atoms with Crippen molar-refractivity contribution in [2.75, 3.05) is 12.3 Å². The normalized spacial score (nSPS) is 12.7. The number of nitrogens with one attached hydrogen (secondary N) is 1.